The highest BCUT2D eigenvalue weighted by molar-refractivity contribution is 7.45. The van der Waals surface area contributed by atoms with E-state index in [1.165, 1.54) is 263 Å². The minimum atomic E-state index is -4.57. The monoisotopic (exact) mass is 999 g/mol. The molecule has 0 heterocycles. The first-order valence-electron chi connectivity index (χ1n) is 30.9. The van der Waals surface area contributed by atoms with Crippen LogP contribution < -0.4 is 10.2 Å². The Morgan fingerprint density at radius 1 is 0.449 bits per heavy atom. The maximum absolute atomic E-state index is 13.0. The summed E-state index contributed by atoms with van der Waals surface area (Å²) in [6.45, 7) is 4.79. The first-order valence-corrected chi connectivity index (χ1v) is 32.3. The molecule has 0 fully saturated rings. The highest BCUT2D eigenvalue weighted by Crippen LogP contribution is 2.38. The van der Waals surface area contributed by atoms with Crippen molar-refractivity contribution in [3.05, 3.63) is 0 Å². The number of carbonyl (C=O) groups excluding carboxylic acids is 1. The molecular formula is C60H123N2O6P. The molecule has 0 saturated heterocycles. The van der Waals surface area contributed by atoms with E-state index in [4.69, 9.17) is 9.05 Å². The van der Waals surface area contributed by atoms with Crippen LogP contribution in [0.4, 0.5) is 0 Å². The number of phosphoric ester groups is 1. The summed E-state index contributed by atoms with van der Waals surface area (Å²) in [6.07, 6.45) is 62.9. The SMILES string of the molecule is CCCCCCCCCCCCCCCCCCCCCCCCCCCC(=O)NC(COP(=O)([O-])OCC[N+](C)(C)C)C(O)CCCCCCCCCCCCCCCCCCCCCCCC. The van der Waals surface area contributed by atoms with Crippen molar-refractivity contribution in [1.82, 2.24) is 5.32 Å². The molecule has 1 amide bonds. The summed E-state index contributed by atoms with van der Waals surface area (Å²) in [4.78, 5) is 25.6. The van der Waals surface area contributed by atoms with Gasteiger partial charge in [0, 0.05) is 6.42 Å². The third kappa shape index (κ3) is 55.1. The fourth-order valence-corrected chi connectivity index (χ4v) is 10.5. The van der Waals surface area contributed by atoms with Gasteiger partial charge >= 0.3 is 0 Å². The average molecular weight is 1000 g/mol. The highest BCUT2D eigenvalue weighted by Gasteiger charge is 2.24. The molecule has 0 radical (unpaired) electrons. The van der Waals surface area contributed by atoms with Gasteiger partial charge in [-0.1, -0.05) is 309 Å². The molecule has 3 atom stereocenters. The fourth-order valence-electron chi connectivity index (χ4n) is 9.75. The van der Waals surface area contributed by atoms with E-state index in [0.29, 0.717) is 23.9 Å². The van der Waals surface area contributed by atoms with E-state index in [0.717, 1.165) is 38.5 Å². The Labute approximate surface area is 431 Å². The number of hydrogen-bond acceptors (Lipinski definition) is 6. The van der Waals surface area contributed by atoms with Gasteiger partial charge in [-0.15, -0.1) is 0 Å². The van der Waals surface area contributed by atoms with Crippen LogP contribution in [0.15, 0.2) is 0 Å². The zero-order valence-corrected chi connectivity index (χ0v) is 48.2. The Morgan fingerprint density at radius 2 is 0.710 bits per heavy atom. The maximum Gasteiger partial charge on any atom is 0.268 e. The molecule has 69 heavy (non-hydrogen) atoms. The molecule has 8 nitrogen and oxygen atoms in total. The third-order valence-corrected chi connectivity index (χ3v) is 15.6. The lowest BCUT2D eigenvalue weighted by Gasteiger charge is -2.30. The van der Waals surface area contributed by atoms with Gasteiger partial charge in [-0.25, -0.2) is 0 Å². The number of carbonyl (C=O) groups is 1. The molecule has 0 aliphatic carbocycles. The second-order valence-corrected chi connectivity index (χ2v) is 24.2. The molecule has 0 saturated carbocycles. The molecule has 414 valence electrons. The lowest BCUT2D eigenvalue weighted by Crippen LogP contribution is -2.46. The number of hydrogen-bond donors (Lipinski definition) is 2. The summed E-state index contributed by atoms with van der Waals surface area (Å²) in [5.41, 5.74) is 0. The van der Waals surface area contributed by atoms with Crippen LogP contribution in [0.5, 0.6) is 0 Å². The molecule has 0 aliphatic rings. The number of unbranched alkanes of at least 4 members (excludes halogenated alkanes) is 45. The van der Waals surface area contributed by atoms with Crippen LogP contribution in [0, 0.1) is 0 Å². The number of rotatable bonds is 58. The molecule has 2 N–H and O–H groups in total. The molecular weight excluding hydrogens is 876 g/mol. The highest BCUT2D eigenvalue weighted by atomic mass is 31.2. The second-order valence-electron chi connectivity index (χ2n) is 22.8. The molecule has 0 aromatic rings. The molecule has 0 aliphatic heterocycles. The van der Waals surface area contributed by atoms with Crippen molar-refractivity contribution in [3.8, 4) is 0 Å². The summed E-state index contributed by atoms with van der Waals surface area (Å²) in [5, 5.41) is 14.1. The molecule has 9 heteroatoms. The predicted octanol–water partition coefficient (Wildman–Crippen LogP) is 18.2. The van der Waals surface area contributed by atoms with Crippen molar-refractivity contribution in [2.45, 2.75) is 341 Å². The maximum atomic E-state index is 13.0. The van der Waals surface area contributed by atoms with E-state index in [2.05, 4.69) is 19.2 Å². The van der Waals surface area contributed by atoms with E-state index in [1.54, 1.807) is 0 Å². The summed E-state index contributed by atoms with van der Waals surface area (Å²) < 4.78 is 23.5. The van der Waals surface area contributed by atoms with Gasteiger partial charge in [-0.3, -0.25) is 9.36 Å². The van der Waals surface area contributed by atoms with Crippen molar-refractivity contribution < 1.29 is 32.9 Å². The van der Waals surface area contributed by atoms with Crippen molar-refractivity contribution in [3.63, 3.8) is 0 Å². The van der Waals surface area contributed by atoms with Gasteiger partial charge in [-0.05, 0) is 12.8 Å². The Bertz CT molecular complexity index is 1090. The van der Waals surface area contributed by atoms with Crippen molar-refractivity contribution in [2.75, 3.05) is 40.9 Å². The topological polar surface area (TPSA) is 108 Å². The van der Waals surface area contributed by atoms with Crippen LogP contribution in [-0.4, -0.2) is 68.5 Å². The Kier molecular flexibility index (Phi) is 52.0. The van der Waals surface area contributed by atoms with E-state index < -0.39 is 20.0 Å². The predicted molar refractivity (Wildman–Crippen MR) is 298 cm³/mol. The smallest absolute Gasteiger partial charge is 0.268 e. The molecule has 0 spiro atoms. The van der Waals surface area contributed by atoms with Crippen LogP contribution in [0.1, 0.15) is 328 Å². The zero-order valence-electron chi connectivity index (χ0n) is 47.3. The lowest BCUT2D eigenvalue weighted by atomic mass is 10.0. The van der Waals surface area contributed by atoms with Gasteiger partial charge in [0.05, 0.1) is 39.9 Å². The number of aliphatic hydroxyl groups is 1. The molecule has 0 rings (SSSR count). The van der Waals surface area contributed by atoms with Crippen LogP contribution in [0.25, 0.3) is 0 Å². The normalized spacial score (nSPS) is 13.8. The second kappa shape index (κ2) is 52.4. The Morgan fingerprint density at radius 3 is 0.986 bits per heavy atom. The molecule has 0 aromatic carbocycles. The number of aliphatic hydroxyl groups excluding tert-OH is 1. The Hall–Kier alpha value is -0.500. The van der Waals surface area contributed by atoms with Crippen LogP contribution >= 0.6 is 7.82 Å². The minimum Gasteiger partial charge on any atom is -0.756 e. The van der Waals surface area contributed by atoms with Crippen LogP contribution in [0.2, 0.25) is 0 Å². The van der Waals surface area contributed by atoms with Gasteiger partial charge in [-0.2, -0.15) is 0 Å². The summed E-state index contributed by atoms with van der Waals surface area (Å²) in [6, 6.07) is -0.795. The number of nitrogens with zero attached hydrogens (tertiary/aromatic N) is 1. The number of phosphoric acid groups is 1. The van der Waals surface area contributed by atoms with E-state index >= 15 is 0 Å². The summed E-state index contributed by atoms with van der Waals surface area (Å²) in [7, 11) is 1.33. The molecule has 0 aromatic heterocycles. The third-order valence-electron chi connectivity index (χ3n) is 14.6. The van der Waals surface area contributed by atoms with Crippen molar-refractivity contribution in [2.24, 2.45) is 0 Å². The Balaban J connectivity index is 4.08. The molecule has 3 unspecified atom stereocenters. The van der Waals surface area contributed by atoms with Gasteiger partial charge in [0.1, 0.15) is 13.2 Å². The van der Waals surface area contributed by atoms with E-state index in [1.807, 2.05) is 21.1 Å². The summed E-state index contributed by atoms with van der Waals surface area (Å²) >= 11 is 0. The number of quaternary nitrogens is 1. The van der Waals surface area contributed by atoms with Gasteiger partial charge in [0.15, 0.2) is 0 Å². The van der Waals surface area contributed by atoms with Gasteiger partial charge < -0.3 is 28.8 Å². The van der Waals surface area contributed by atoms with Crippen molar-refractivity contribution in [1.29, 1.82) is 0 Å². The van der Waals surface area contributed by atoms with Gasteiger partial charge in [0.2, 0.25) is 5.91 Å². The van der Waals surface area contributed by atoms with Crippen molar-refractivity contribution >= 4 is 13.7 Å². The van der Waals surface area contributed by atoms with E-state index in [9.17, 15) is 19.4 Å². The van der Waals surface area contributed by atoms with Crippen LogP contribution in [0.3, 0.4) is 0 Å². The fraction of sp³-hybridized carbons (Fsp3) is 0.983. The average Bonchev–Trinajstić information content (AvgIpc) is 3.31. The first-order chi connectivity index (χ1) is 33.5. The van der Waals surface area contributed by atoms with E-state index in [-0.39, 0.29) is 19.1 Å². The van der Waals surface area contributed by atoms with Crippen LogP contribution in [-0.2, 0) is 18.4 Å². The standard InChI is InChI=1S/C60H123N2O6P/c1-6-8-10-12-14-16-18-20-22-24-26-28-30-31-32-34-36-38-40-42-44-46-48-50-52-54-60(64)61-58(57-68-69(65,66)67-56-55-62(3,4)5)59(63)53-51-49-47-45-43-41-39-37-35-33-29-27-25-23-21-19-17-15-13-11-9-7-2/h58-59,63H,6-57H2,1-5H3,(H-,61,64,65,66). The largest absolute Gasteiger partial charge is 0.756 e. The quantitative estimate of drug-likeness (QED) is 0.0357. The zero-order chi connectivity index (χ0) is 50.6. The molecule has 0 bridgehead atoms. The first kappa shape index (κ1) is 68.5. The van der Waals surface area contributed by atoms with Gasteiger partial charge in [0.25, 0.3) is 7.82 Å². The minimum absolute atomic E-state index is 0.0168. The lowest BCUT2D eigenvalue weighted by molar-refractivity contribution is -0.870. The number of nitrogens with one attached hydrogen (secondary N) is 1. The number of likely N-dealkylation sites (N-methyl/N-ethyl adjacent to an activating group) is 1. The number of amides is 1. The summed E-state index contributed by atoms with van der Waals surface area (Å²) in [5.74, 6) is -0.155.